The van der Waals surface area contributed by atoms with Crippen LogP contribution in [0, 0.1) is 0 Å². The van der Waals surface area contributed by atoms with Gasteiger partial charge < -0.3 is 10.1 Å². The predicted molar refractivity (Wildman–Crippen MR) is 75.7 cm³/mol. The SMILES string of the molecule is COC(=O)C(NC(=O)c1ccc(Cl)nn1)c1ccccc1. The minimum atomic E-state index is -0.916. The van der Waals surface area contributed by atoms with Gasteiger partial charge in [0.1, 0.15) is 0 Å². The first-order valence-corrected chi connectivity index (χ1v) is 6.42. The number of carbonyl (C=O) groups is 2. The zero-order valence-electron chi connectivity index (χ0n) is 11.1. The molecule has 0 bridgehead atoms. The van der Waals surface area contributed by atoms with E-state index in [0.29, 0.717) is 5.56 Å². The number of nitrogens with one attached hydrogen (secondary N) is 1. The number of hydrogen-bond donors (Lipinski definition) is 1. The first-order chi connectivity index (χ1) is 10.1. The molecular formula is C14H12ClN3O3. The third kappa shape index (κ3) is 3.76. The van der Waals surface area contributed by atoms with Crippen molar-refractivity contribution in [3.05, 3.63) is 58.9 Å². The maximum absolute atomic E-state index is 12.1. The average Bonchev–Trinajstić information content (AvgIpc) is 2.53. The molecule has 1 aromatic carbocycles. The number of amides is 1. The normalized spacial score (nSPS) is 11.5. The van der Waals surface area contributed by atoms with Gasteiger partial charge in [0.15, 0.2) is 16.9 Å². The number of aromatic nitrogens is 2. The molecule has 0 aliphatic carbocycles. The first-order valence-electron chi connectivity index (χ1n) is 6.04. The quantitative estimate of drug-likeness (QED) is 0.871. The Balaban J connectivity index is 2.21. The van der Waals surface area contributed by atoms with E-state index in [4.69, 9.17) is 16.3 Å². The lowest BCUT2D eigenvalue weighted by molar-refractivity contribution is -0.143. The van der Waals surface area contributed by atoms with Crippen LogP contribution in [-0.2, 0) is 9.53 Å². The zero-order valence-corrected chi connectivity index (χ0v) is 11.9. The van der Waals surface area contributed by atoms with E-state index in [1.807, 2.05) is 6.07 Å². The van der Waals surface area contributed by atoms with Gasteiger partial charge in [0.2, 0.25) is 0 Å². The summed E-state index contributed by atoms with van der Waals surface area (Å²) in [6, 6.07) is 10.7. The second-order valence-corrected chi connectivity index (χ2v) is 4.47. The highest BCUT2D eigenvalue weighted by molar-refractivity contribution is 6.29. The molecule has 0 saturated heterocycles. The van der Waals surface area contributed by atoms with E-state index < -0.39 is 17.9 Å². The van der Waals surface area contributed by atoms with Crippen LogP contribution in [0.5, 0.6) is 0 Å². The smallest absolute Gasteiger partial charge is 0.333 e. The van der Waals surface area contributed by atoms with Gasteiger partial charge in [0.05, 0.1) is 7.11 Å². The molecule has 1 N–H and O–H groups in total. The Morgan fingerprint density at radius 2 is 1.86 bits per heavy atom. The summed E-state index contributed by atoms with van der Waals surface area (Å²) in [6.45, 7) is 0. The molecular weight excluding hydrogens is 294 g/mol. The van der Waals surface area contributed by atoms with Crippen LogP contribution in [0.4, 0.5) is 0 Å². The molecule has 1 heterocycles. The topological polar surface area (TPSA) is 81.2 Å². The molecule has 0 aliphatic heterocycles. The fourth-order valence-corrected chi connectivity index (χ4v) is 1.78. The minimum Gasteiger partial charge on any atom is -0.467 e. The van der Waals surface area contributed by atoms with E-state index in [2.05, 4.69) is 15.5 Å². The summed E-state index contributed by atoms with van der Waals surface area (Å²) in [5.74, 6) is -1.12. The summed E-state index contributed by atoms with van der Waals surface area (Å²) in [7, 11) is 1.26. The van der Waals surface area contributed by atoms with E-state index in [-0.39, 0.29) is 10.8 Å². The van der Waals surface area contributed by atoms with Crippen molar-refractivity contribution in [1.29, 1.82) is 0 Å². The fourth-order valence-electron chi connectivity index (χ4n) is 1.68. The van der Waals surface area contributed by atoms with Gasteiger partial charge in [0, 0.05) is 0 Å². The Bertz CT molecular complexity index is 632. The van der Waals surface area contributed by atoms with Gasteiger partial charge in [-0.05, 0) is 17.7 Å². The Morgan fingerprint density at radius 3 is 2.43 bits per heavy atom. The number of rotatable bonds is 4. The fraction of sp³-hybridized carbons (Fsp3) is 0.143. The summed E-state index contributed by atoms with van der Waals surface area (Å²) in [5, 5.41) is 9.99. The molecule has 1 atom stereocenters. The Hall–Kier alpha value is -2.47. The average molecular weight is 306 g/mol. The van der Waals surface area contributed by atoms with Crippen LogP contribution in [0.15, 0.2) is 42.5 Å². The standard InChI is InChI=1S/C14H12ClN3O3/c1-21-14(20)12(9-5-3-2-4-6-9)16-13(19)10-7-8-11(15)18-17-10/h2-8,12H,1H3,(H,16,19). The highest BCUT2D eigenvalue weighted by Crippen LogP contribution is 2.15. The van der Waals surface area contributed by atoms with Gasteiger partial charge in [-0.15, -0.1) is 10.2 Å². The summed E-state index contributed by atoms with van der Waals surface area (Å²) < 4.78 is 4.71. The van der Waals surface area contributed by atoms with Crippen molar-refractivity contribution >= 4 is 23.5 Å². The minimum absolute atomic E-state index is 0.0595. The number of halogens is 1. The Labute approximate surface area is 126 Å². The molecule has 21 heavy (non-hydrogen) atoms. The maximum atomic E-state index is 12.1. The van der Waals surface area contributed by atoms with Crippen molar-refractivity contribution in [3.63, 3.8) is 0 Å². The van der Waals surface area contributed by atoms with E-state index in [1.165, 1.54) is 19.2 Å². The lowest BCUT2D eigenvalue weighted by Gasteiger charge is -2.16. The van der Waals surface area contributed by atoms with Gasteiger partial charge in [-0.25, -0.2) is 4.79 Å². The van der Waals surface area contributed by atoms with E-state index in [0.717, 1.165) is 0 Å². The van der Waals surface area contributed by atoms with Crippen molar-refractivity contribution in [1.82, 2.24) is 15.5 Å². The van der Waals surface area contributed by atoms with Gasteiger partial charge in [-0.3, -0.25) is 4.79 Å². The Kier molecular flexibility index (Phi) is 4.84. The third-order valence-electron chi connectivity index (χ3n) is 2.71. The van der Waals surface area contributed by atoms with Crippen molar-refractivity contribution in [2.24, 2.45) is 0 Å². The van der Waals surface area contributed by atoms with Crippen molar-refractivity contribution in [2.75, 3.05) is 7.11 Å². The number of methoxy groups -OCH3 is 1. The highest BCUT2D eigenvalue weighted by Gasteiger charge is 2.24. The molecule has 2 rings (SSSR count). The highest BCUT2D eigenvalue weighted by atomic mass is 35.5. The lowest BCUT2D eigenvalue weighted by atomic mass is 10.1. The summed E-state index contributed by atoms with van der Waals surface area (Å²) in [6.07, 6.45) is 0. The van der Waals surface area contributed by atoms with Crippen molar-refractivity contribution in [3.8, 4) is 0 Å². The second-order valence-electron chi connectivity index (χ2n) is 4.08. The molecule has 0 saturated carbocycles. The number of nitrogens with zero attached hydrogens (tertiary/aromatic N) is 2. The first kappa shape index (κ1) is 14.9. The molecule has 0 aliphatic rings. The number of benzene rings is 1. The van der Waals surface area contributed by atoms with Crippen LogP contribution in [0.25, 0.3) is 0 Å². The number of hydrogen-bond acceptors (Lipinski definition) is 5. The number of esters is 1. The predicted octanol–water partition coefficient (Wildman–Crippen LogP) is 1.77. The molecule has 1 aromatic heterocycles. The van der Waals surface area contributed by atoms with Gasteiger partial charge in [-0.1, -0.05) is 41.9 Å². The van der Waals surface area contributed by atoms with Gasteiger partial charge >= 0.3 is 5.97 Å². The third-order valence-corrected chi connectivity index (χ3v) is 2.91. The lowest BCUT2D eigenvalue weighted by Crippen LogP contribution is -2.35. The van der Waals surface area contributed by atoms with Crippen molar-refractivity contribution < 1.29 is 14.3 Å². The molecule has 2 aromatic rings. The van der Waals surface area contributed by atoms with Crippen molar-refractivity contribution in [2.45, 2.75) is 6.04 Å². The Morgan fingerprint density at radius 1 is 1.14 bits per heavy atom. The van der Waals surface area contributed by atoms with Gasteiger partial charge in [0.25, 0.3) is 5.91 Å². The molecule has 1 unspecified atom stereocenters. The van der Waals surface area contributed by atoms with Crippen LogP contribution in [-0.4, -0.2) is 29.2 Å². The van der Waals surface area contributed by atoms with Crippen LogP contribution in [0.1, 0.15) is 22.1 Å². The van der Waals surface area contributed by atoms with E-state index in [9.17, 15) is 9.59 Å². The molecule has 0 fully saturated rings. The van der Waals surface area contributed by atoms with E-state index >= 15 is 0 Å². The second kappa shape index (κ2) is 6.81. The molecule has 1 amide bonds. The van der Waals surface area contributed by atoms with Crippen LogP contribution in [0.2, 0.25) is 5.15 Å². The summed E-state index contributed by atoms with van der Waals surface area (Å²) in [5.41, 5.74) is 0.670. The largest absolute Gasteiger partial charge is 0.467 e. The summed E-state index contributed by atoms with van der Waals surface area (Å²) >= 11 is 5.61. The molecule has 108 valence electrons. The molecule has 6 nitrogen and oxygen atoms in total. The molecule has 7 heteroatoms. The van der Waals surface area contributed by atoms with Gasteiger partial charge in [-0.2, -0.15) is 0 Å². The summed E-state index contributed by atoms with van der Waals surface area (Å²) in [4.78, 5) is 23.9. The van der Waals surface area contributed by atoms with Crippen LogP contribution < -0.4 is 5.32 Å². The molecule has 0 radical (unpaired) electrons. The van der Waals surface area contributed by atoms with Crippen LogP contribution in [0.3, 0.4) is 0 Å². The number of carbonyl (C=O) groups excluding carboxylic acids is 2. The zero-order chi connectivity index (χ0) is 15.2. The maximum Gasteiger partial charge on any atom is 0.333 e. The van der Waals surface area contributed by atoms with Crippen LogP contribution >= 0.6 is 11.6 Å². The molecule has 0 spiro atoms. The van der Waals surface area contributed by atoms with E-state index in [1.54, 1.807) is 24.3 Å². The number of ether oxygens (including phenoxy) is 1. The monoisotopic (exact) mass is 305 g/mol.